The predicted octanol–water partition coefficient (Wildman–Crippen LogP) is 2.06. The lowest BCUT2D eigenvalue weighted by Crippen LogP contribution is -2.40. The standard InChI is InChI=1S/C12H20FN5/c1-2-5-9-6-3-4-7-18(9)11-10(13)8-15-12(16-11)17-14/h8-9H,2-7,14H2,1H3,(H,15,16,17). The van der Waals surface area contributed by atoms with Crippen molar-refractivity contribution in [2.24, 2.45) is 5.84 Å². The Morgan fingerprint density at radius 3 is 3.11 bits per heavy atom. The summed E-state index contributed by atoms with van der Waals surface area (Å²) in [6.45, 7) is 3.00. The Labute approximate surface area is 107 Å². The molecule has 1 aromatic heterocycles. The predicted molar refractivity (Wildman–Crippen MR) is 69.7 cm³/mol. The molecular formula is C12H20FN5. The molecule has 0 radical (unpaired) electrons. The number of nitrogens with two attached hydrogens (primary N) is 1. The lowest BCUT2D eigenvalue weighted by molar-refractivity contribution is 0.425. The van der Waals surface area contributed by atoms with Crippen molar-refractivity contribution in [3.05, 3.63) is 12.0 Å². The lowest BCUT2D eigenvalue weighted by Gasteiger charge is -2.36. The normalized spacial score (nSPS) is 19.9. The van der Waals surface area contributed by atoms with E-state index in [1.165, 1.54) is 12.6 Å². The number of rotatable bonds is 4. The van der Waals surface area contributed by atoms with Gasteiger partial charge >= 0.3 is 0 Å². The van der Waals surface area contributed by atoms with E-state index in [4.69, 9.17) is 5.84 Å². The number of nitrogens with zero attached hydrogens (tertiary/aromatic N) is 3. The Morgan fingerprint density at radius 2 is 2.39 bits per heavy atom. The molecule has 0 aromatic carbocycles. The summed E-state index contributed by atoms with van der Waals surface area (Å²) in [5.74, 6) is 5.53. The summed E-state index contributed by atoms with van der Waals surface area (Å²) in [5.41, 5.74) is 2.36. The SMILES string of the molecule is CCCC1CCCCN1c1nc(NN)ncc1F. The number of halogens is 1. The number of hydrogen-bond acceptors (Lipinski definition) is 5. The molecule has 0 saturated carbocycles. The zero-order valence-corrected chi connectivity index (χ0v) is 10.7. The number of piperidine rings is 1. The first kappa shape index (κ1) is 13.0. The third kappa shape index (κ3) is 2.69. The molecule has 1 aliphatic rings. The molecule has 3 N–H and O–H groups in total. The van der Waals surface area contributed by atoms with Crippen LogP contribution in [0.2, 0.25) is 0 Å². The molecule has 0 amide bonds. The molecule has 1 atom stereocenters. The third-order valence-corrected chi connectivity index (χ3v) is 3.38. The highest BCUT2D eigenvalue weighted by atomic mass is 19.1. The molecule has 100 valence electrons. The van der Waals surface area contributed by atoms with E-state index in [0.717, 1.165) is 32.2 Å². The second-order valence-electron chi connectivity index (χ2n) is 4.64. The van der Waals surface area contributed by atoms with Crippen LogP contribution in [0, 0.1) is 5.82 Å². The topological polar surface area (TPSA) is 67.1 Å². The largest absolute Gasteiger partial charge is 0.351 e. The summed E-state index contributed by atoms with van der Waals surface area (Å²) in [7, 11) is 0. The summed E-state index contributed by atoms with van der Waals surface area (Å²) in [6.07, 6.45) is 6.72. The van der Waals surface area contributed by atoms with Crippen LogP contribution in [0.15, 0.2) is 6.20 Å². The van der Waals surface area contributed by atoms with Gasteiger partial charge in [0.05, 0.1) is 6.20 Å². The highest BCUT2D eigenvalue weighted by molar-refractivity contribution is 5.45. The monoisotopic (exact) mass is 253 g/mol. The number of aromatic nitrogens is 2. The van der Waals surface area contributed by atoms with Crippen molar-refractivity contribution < 1.29 is 4.39 Å². The minimum Gasteiger partial charge on any atom is -0.351 e. The van der Waals surface area contributed by atoms with Gasteiger partial charge in [0.1, 0.15) is 0 Å². The van der Waals surface area contributed by atoms with Gasteiger partial charge in [-0.3, -0.25) is 5.43 Å². The fraction of sp³-hybridized carbons (Fsp3) is 0.667. The van der Waals surface area contributed by atoms with Crippen LogP contribution in [0.25, 0.3) is 0 Å². The quantitative estimate of drug-likeness (QED) is 0.635. The van der Waals surface area contributed by atoms with Gasteiger partial charge in [0, 0.05) is 12.6 Å². The van der Waals surface area contributed by atoms with Crippen molar-refractivity contribution in [1.29, 1.82) is 0 Å². The average molecular weight is 253 g/mol. The fourth-order valence-electron chi connectivity index (χ4n) is 2.54. The van der Waals surface area contributed by atoms with Gasteiger partial charge in [-0.05, 0) is 25.7 Å². The number of nitrogens with one attached hydrogen (secondary N) is 1. The molecule has 0 spiro atoms. The molecule has 2 heterocycles. The molecule has 5 nitrogen and oxygen atoms in total. The van der Waals surface area contributed by atoms with Crippen molar-refractivity contribution in [2.45, 2.75) is 45.1 Å². The molecule has 0 aliphatic carbocycles. The summed E-state index contributed by atoms with van der Waals surface area (Å²) >= 11 is 0. The Morgan fingerprint density at radius 1 is 1.56 bits per heavy atom. The van der Waals surface area contributed by atoms with E-state index in [9.17, 15) is 4.39 Å². The van der Waals surface area contributed by atoms with Crippen LogP contribution in [-0.4, -0.2) is 22.6 Å². The second kappa shape index (κ2) is 5.95. The third-order valence-electron chi connectivity index (χ3n) is 3.38. The number of nitrogen functional groups attached to an aromatic ring is 1. The molecule has 1 saturated heterocycles. The molecule has 18 heavy (non-hydrogen) atoms. The molecule has 1 fully saturated rings. The molecule has 1 unspecified atom stereocenters. The van der Waals surface area contributed by atoms with E-state index in [-0.39, 0.29) is 11.8 Å². The first-order valence-corrected chi connectivity index (χ1v) is 6.52. The van der Waals surface area contributed by atoms with E-state index in [2.05, 4.69) is 27.2 Å². The summed E-state index contributed by atoms with van der Waals surface area (Å²) in [5, 5.41) is 0. The number of anilines is 2. The zero-order chi connectivity index (χ0) is 13.0. The lowest BCUT2D eigenvalue weighted by atomic mass is 9.98. The van der Waals surface area contributed by atoms with Crippen molar-refractivity contribution in [3.8, 4) is 0 Å². The van der Waals surface area contributed by atoms with Gasteiger partial charge in [-0.1, -0.05) is 13.3 Å². The van der Waals surface area contributed by atoms with Crippen LogP contribution in [-0.2, 0) is 0 Å². The Hall–Kier alpha value is -1.43. The maximum absolute atomic E-state index is 13.9. The molecule has 0 bridgehead atoms. The van der Waals surface area contributed by atoms with Gasteiger partial charge in [0.25, 0.3) is 0 Å². The molecule has 1 aliphatic heterocycles. The van der Waals surface area contributed by atoms with E-state index >= 15 is 0 Å². The van der Waals surface area contributed by atoms with Gasteiger partial charge in [0.15, 0.2) is 11.6 Å². The highest BCUT2D eigenvalue weighted by Gasteiger charge is 2.25. The molecule has 6 heteroatoms. The number of hydrazine groups is 1. The van der Waals surface area contributed by atoms with Gasteiger partial charge in [-0.25, -0.2) is 15.2 Å². The van der Waals surface area contributed by atoms with Crippen molar-refractivity contribution in [2.75, 3.05) is 16.9 Å². The van der Waals surface area contributed by atoms with Crippen LogP contribution >= 0.6 is 0 Å². The van der Waals surface area contributed by atoms with E-state index in [1.54, 1.807) is 0 Å². The Kier molecular flexibility index (Phi) is 4.30. The van der Waals surface area contributed by atoms with E-state index in [0.29, 0.717) is 11.9 Å². The van der Waals surface area contributed by atoms with E-state index < -0.39 is 0 Å². The molecule has 1 aromatic rings. The Bertz CT molecular complexity index is 396. The average Bonchev–Trinajstić information content (AvgIpc) is 2.41. The first-order valence-electron chi connectivity index (χ1n) is 6.52. The zero-order valence-electron chi connectivity index (χ0n) is 10.7. The van der Waals surface area contributed by atoms with E-state index in [1.807, 2.05) is 0 Å². The minimum atomic E-state index is -0.378. The van der Waals surface area contributed by atoms with Crippen molar-refractivity contribution in [3.63, 3.8) is 0 Å². The van der Waals surface area contributed by atoms with Gasteiger partial charge < -0.3 is 4.90 Å². The summed E-state index contributed by atoms with van der Waals surface area (Å²) in [4.78, 5) is 9.99. The van der Waals surface area contributed by atoms with Crippen molar-refractivity contribution in [1.82, 2.24) is 9.97 Å². The second-order valence-corrected chi connectivity index (χ2v) is 4.64. The maximum atomic E-state index is 13.9. The van der Waals surface area contributed by atoms with Gasteiger partial charge in [0.2, 0.25) is 5.95 Å². The van der Waals surface area contributed by atoms with Crippen molar-refractivity contribution >= 4 is 11.8 Å². The molecule has 2 rings (SSSR count). The molecular weight excluding hydrogens is 233 g/mol. The fourth-order valence-corrected chi connectivity index (χ4v) is 2.54. The van der Waals surface area contributed by atoms with Crippen LogP contribution in [0.5, 0.6) is 0 Å². The number of hydrogen-bond donors (Lipinski definition) is 2. The van der Waals surface area contributed by atoms with Gasteiger partial charge in [-0.15, -0.1) is 0 Å². The van der Waals surface area contributed by atoms with Crippen LogP contribution in [0.1, 0.15) is 39.0 Å². The Balaban J connectivity index is 2.26. The van der Waals surface area contributed by atoms with Crippen LogP contribution in [0.3, 0.4) is 0 Å². The first-order chi connectivity index (χ1) is 8.76. The van der Waals surface area contributed by atoms with Gasteiger partial charge in [-0.2, -0.15) is 4.98 Å². The maximum Gasteiger partial charge on any atom is 0.239 e. The highest BCUT2D eigenvalue weighted by Crippen LogP contribution is 2.28. The van der Waals surface area contributed by atoms with Crippen LogP contribution < -0.4 is 16.2 Å². The van der Waals surface area contributed by atoms with Crippen LogP contribution in [0.4, 0.5) is 16.2 Å². The minimum absolute atomic E-state index is 0.257. The summed E-state index contributed by atoms with van der Waals surface area (Å²) < 4.78 is 13.9. The summed E-state index contributed by atoms with van der Waals surface area (Å²) in [6, 6.07) is 0.374. The smallest absolute Gasteiger partial charge is 0.239 e.